The van der Waals surface area contributed by atoms with Crippen molar-refractivity contribution in [2.24, 2.45) is 0 Å². The van der Waals surface area contributed by atoms with Gasteiger partial charge in [-0.25, -0.2) is 4.68 Å². The smallest absolute Gasteiger partial charge is 0.267 e. The van der Waals surface area contributed by atoms with E-state index in [0.29, 0.717) is 18.8 Å². The fourth-order valence-electron chi connectivity index (χ4n) is 3.88. The van der Waals surface area contributed by atoms with Gasteiger partial charge in [-0.2, -0.15) is 5.10 Å². The number of anilines is 1. The summed E-state index contributed by atoms with van der Waals surface area (Å²) in [5.41, 5.74) is 3.65. The maximum Gasteiger partial charge on any atom is 0.267 e. The van der Waals surface area contributed by atoms with Crippen LogP contribution in [0.4, 0.5) is 5.69 Å². The third-order valence-corrected chi connectivity index (χ3v) is 5.86. The molecule has 2 heterocycles. The van der Waals surface area contributed by atoms with Crippen LogP contribution in [0.1, 0.15) is 12.5 Å². The molecular weight excluding hydrogens is 404 g/mol. The zero-order valence-electron chi connectivity index (χ0n) is 18.5. The van der Waals surface area contributed by atoms with E-state index in [4.69, 9.17) is 4.74 Å². The first-order valence-electron chi connectivity index (χ1n) is 10.9. The molecule has 7 nitrogen and oxygen atoms in total. The van der Waals surface area contributed by atoms with Crippen molar-refractivity contribution in [3.05, 3.63) is 76.6 Å². The van der Waals surface area contributed by atoms with Gasteiger partial charge in [0.25, 0.3) is 5.56 Å². The van der Waals surface area contributed by atoms with Gasteiger partial charge in [-0.1, -0.05) is 37.3 Å². The Morgan fingerprint density at radius 2 is 1.75 bits per heavy atom. The summed E-state index contributed by atoms with van der Waals surface area (Å²) >= 11 is 0. The van der Waals surface area contributed by atoms with Crippen LogP contribution in [0.15, 0.2) is 65.5 Å². The minimum atomic E-state index is -0.276. The highest BCUT2D eigenvalue weighted by Crippen LogP contribution is 2.22. The van der Waals surface area contributed by atoms with E-state index in [2.05, 4.69) is 29.1 Å². The molecule has 1 aliphatic heterocycles. The Kier molecular flexibility index (Phi) is 6.54. The lowest BCUT2D eigenvalue weighted by molar-refractivity contribution is -0.132. The van der Waals surface area contributed by atoms with Gasteiger partial charge in [0.05, 0.1) is 12.8 Å². The van der Waals surface area contributed by atoms with E-state index in [9.17, 15) is 9.59 Å². The van der Waals surface area contributed by atoms with Crippen LogP contribution in [0.2, 0.25) is 0 Å². The predicted molar refractivity (Wildman–Crippen MR) is 125 cm³/mol. The lowest BCUT2D eigenvalue weighted by Crippen LogP contribution is -2.50. The summed E-state index contributed by atoms with van der Waals surface area (Å²) in [6.45, 7) is 4.70. The number of hydrogen-bond acceptors (Lipinski definition) is 5. The maximum absolute atomic E-state index is 12.9. The van der Waals surface area contributed by atoms with Crippen LogP contribution >= 0.6 is 0 Å². The standard InChI is InChI=1S/C25H28N4O3/c1-3-19-7-9-20(10-8-19)23-11-12-24(30)29(26-23)18-25(31)28-15-13-27(14-16-28)21-5-4-6-22(17-21)32-2/h4-12,17H,3,13-16,18H2,1-2H3. The quantitative estimate of drug-likeness (QED) is 0.599. The topological polar surface area (TPSA) is 67.7 Å². The minimum Gasteiger partial charge on any atom is -0.497 e. The lowest BCUT2D eigenvalue weighted by atomic mass is 10.1. The van der Waals surface area contributed by atoms with Crippen molar-refractivity contribution in [1.29, 1.82) is 0 Å². The third-order valence-electron chi connectivity index (χ3n) is 5.86. The summed E-state index contributed by atoms with van der Waals surface area (Å²) in [7, 11) is 1.65. The van der Waals surface area contributed by atoms with E-state index in [1.165, 1.54) is 16.3 Å². The Morgan fingerprint density at radius 3 is 2.44 bits per heavy atom. The number of rotatable bonds is 6. The average molecular weight is 433 g/mol. The predicted octanol–water partition coefficient (Wildman–Crippen LogP) is 2.83. The number of carbonyl (C=O) groups is 1. The molecule has 1 amide bonds. The number of carbonyl (C=O) groups excluding carboxylic acids is 1. The lowest BCUT2D eigenvalue weighted by Gasteiger charge is -2.36. The molecule has 0 atom stereocenters. The molecule has 0 spiro atoms. The molecule has 3 aromatic rings. The summed E-state index contributed by atoms with van der Waals surface area (Å²) < 4.78 is 6.57. The average Bonchev–Trinajstić information content (AvgIpc) is 2.85. The van der Waals surface area contributed by atoms with Crippen LogP contribution < -0.4 is 15.2 Å². The Bertz CT molecular complexity index is 1130. The van der Waals surface area contributed by atoms with E-state index >= 15 is 0 Å². The largest absolute Gasteiger partial charge is 0.497 e. The van der Waals surface area contributed by atoms with Crippen molar-refractivity contribution >= 4 is 11.6 Å². The number of piperazine rings is 1. The fourth-order valence-corrected chi connectivity index (χ4v) is 3.88. The van der Waals surface area contributed by atoms with Crippen molar-refractivity contribution in [1.82, 2.24) is 14.7 Å². The van der Waals surface area contributed by atoms with Crippen molar-refractivity contribution in [3.8, 4) is 17.0 Å². The number of aryl methyl sites for hydroxylation is 1. The molecule has 2 aromatic carbocycles. The third kappa shape index (κ3) is 4.82. The summed E-state index contributed by atoms with van der Waals surface area (Å²) in [4.78, 5) is 29.2. The van der Waals surface area contributed by atoms with Gasteiger partial charge in [0, 0.05) is 49.6 Å². The van der Waals surface area contributed by atoms with Crippen LogP contribution in [0.3, 0.4) is 0 Å². The normalized spacial score (nSPS) is 13.8. The van der Waals surface area contributed by atoms with Crippen molar-refractivity contribution < 1.29 is 9.53 Å². The molecule has 0 radical (unpaired) electrons. The van der Waals surface area contributed by atoms with Gasteiger partial charge >= 0.3 is 0 Å². The fraction of sp³-hybridized carbons (Fsp3) is 0.320. The molecule has 0 N–H and O–H groups in total. The first-order chi connectivity index (χ1) is 15.6. The Labute approximate surface area is 187 Å². The van der Waals surface area contributed by atoms with Gasteiger partial charge in [-0.05, 0) is 30.2 Å². The zero-order chi connectivity index (χ0) is 22.5. The van der Waals surface area contributed by atoms with Crippen LogP contribution in [0.5, 0.6) is 5.75 Å². The van der Waals surface area contributed by atoms with E-state index in [0.717, 1.165) is 36.5 Å². The Morgan fingerprint density at radius 1 is 1.00 bits per heavy atom. The summed E-state index contributed by atoms with van der Waals surface area (Å²) in [6.07, 6.45) is 0.965. The second-order valence-electron chi connectivity index (χ2n) is 7.83. The SMILES string of the molecule is CCc1ccc(-c2ccc(=O)n(CC(=O)N3CCN(c4cccc(OC)c4)CC3)n2)cc1. The molecule has 0 aliphatic carbocycles. The molecule has 4 rings (SSSR count). The maximum atomic E-state index is 12.9. The van der Waals surface area contributed by atoms with Gasteiger partial charge in [-0.15, -0.1) is 0 Å². The number of aromatic nitrogens is 2. The number of hydrogen-bond donors (Lipinski definition) is 0. The summed E-state index contributed by atoms with van der Waals surface area (Å²) in [6, 6.07) is 19.2. The molecular formula is C25H28N4O3. The highest BCUT2D eigenvalue weighted by atomic mass is 16.5. The van der Waals surface area contributed by atoms with Crippen molar-refractivity contribution in [2.75, 3.05) is 38.2 Å². The second kappa shape index (κ2) is 9.68. The monoisotopic (exact) mass is 432 g/mol. The minimum absolute atomic E-state index is 0.0567. The highest BCUT2D eigenvalue weighted by Gasteiger charge is 2.22. The molecule has 166 valence electrons. The number of methoxy groups -OCH3 is 1. The van der Waals surface area contributed by atoms with Crippen molar-refractivity contribution in [2.45, 2.75) is 19.9 Å². The molecule has 7 heteroatoms. The van der Waals surface area contributed by atoms with Crippen LogP contribution in [0, 0.1) is 0 Å². The van der Waals surface area contributed by atoms with Gasteiger partial charge in [-0.3, -0.25) is 9.59 Å². The van der Waals surface area contributed by atoms with E-state index in [-0.39, 0.29) is 18.0 Å². The molecule has 0 bridgehead atoms. The van der Waals surface area contributed by atoms with E-state index < -0.39 is 0 Å². The Balaban J connectivity index is 1.41. The zero-order valence-corrected chi connectivity index (χ0v) is 18.5. The van der Waals surface area contributed by atoms with E-state index in [1.807, 2.05) is 36.4 Å². The second-order valence-corrected chi connectivity index (χ2v) is 7.83. The van der Waals surface area contributed by atoms with Crippen molar-refractivity contribution in [3.63, 3.8) is 0 Å². The Hall–Kier alpha value is -3.61. The molecule has 0 saturated carbocycles. The number of nitrogens with zero attached hydrogens (tertiary/aromatic N) is 4. The van der Waals surface area contributed by atoms with Crippen LogP contribution in [0.25, 0.3) is 11.3 Å². The van der Waals surface area contributed by atoms with Crippen LogP contribution in [-0.2, 0) is 17.8 Å². The van der Waals surface area contributed by atoms with Gasteiger partial charge < -0.3 is 14.5 Å². The molecule has 0 unspecified atom stereocenters. The number of benzene rings is 2. The first-order valence-corrected chi connectivity index (χ1v) is 10.9. The molecule has 1 aliphatic rings. The molecule has 1 aromatic heterocycles. The summed E-state index contributed by atoms with van der Waals surface area (Å²) in [5, 5.41) is 4.45. The van der Waals surface area contributed by atoms with Gasteiger partial charge in [0.15, 0.2) is 0 Å². The molecule has 32 heavy (non-hydrogen) atoms. The van der Waals surface area contributed by atoms with Gasteiger partial charge in [0.2, 0.25) is 5.91 Å². The number of amides is 1. The van der Waals surface area contributed by atoms with Gasteiger partial charge in [0.1, 0.15) is 12.3 Å². The summed E-state index contributed by atoms with van der Waals surface area (Å²) in [5.74, 6) is 0.721. The molecule has 1 fully saturated rings. The molecule has 1 saturated heterocycles. The van der Waals surface area contributed by atoms with Crippen LogP contribution in [-0.4, -0.2) is 53.9 Å². The van der Waals surface area contributed by atoms with E-state index in [1.54, 1.807) is 18.1 Å². The first kappa shape index (κ1) is 21.6. The number of ether oxygens (including phenoxy) is 1. The highest BCUT2D eigenvalue weighted by molar-refractivity contribution is 5.76.